The van der Waals surface area contributed by atoms with Crippen LogP contribution in [-0.2, 0) is 32.1 Å². The molecule has 0 aromatic rings. The van der Waals surface area contributed by atoms with Crippen LogP contribution in [0, 0.1) is 0 Å². The molecule has 0 bridgehead atoms. The van der Waals surface area contributed by atoms with Crippen LogP contribution in [-0.4, -0.2) is 21.8 Å². The Kier molecular flexibility index (Phi) is 17.9. The maximum atomic E-state index is 10.0. The molecule has 6 nitrogen and oxygen atoms in total. The molecule has 0 aliphatic rings. The van der Waals surface area contributed by atoms with Crippen molar-refractivity contribution < 1.29 is 42.3 Å². The van der Waals surface area contributed by atoms with E-state index in [-0.39, 0.29) is 23.1 Å². The molecule has 0 aromatic heterocycles. The second kappa shape index (κ2) is 14.5. The van der Waals surface area contributed by atoms with Gasteiger partial charge >= 0.3 is 22.5 Å². The summed E-state index contributed by atoms with van der Waals surface area (Å²) >= 11 is -1.44. The first-order valence-corrected chi connectivity index (χ1v) is 5.28. The Morgan fingerprint density at radius 1 is 0.824 bits per heavy atom. The van der Waals surface area contributed by atoms with Crippen molar-refractivity contribution >= 4 is 11.6 Å². The molecule has 0 saturated carbocycles. The quantitative estimate of drug-likeness (QED) is 0.455. The SMILES string of the molecule is CC(=O)/C=C(/C)O.CC(=O)/C=C(/C)O.[O]=[Mn]=[O]. The molecule has 17 heavy (non-hydrogen) atoms. The van der Waals surface area contributed by atoms with E-state index in [2.05, 4.69) is 0 Å². The van der Waals surface area contributed by atoms with Crippen molar-refractivity contribution in [1.82, 2.24) is 0 Å². The van der Waals surface area contributed by atoms with Gasteiger partial charge in [-0.25, -0.2) is 0 Å². The maximum absolute atomic E-state index is 10.0. The van der Waals surface area contributed by atoms with E-state index in [9.17, 15) is 9.59 Å². The Bertz CT molecular complexity index is 301. The van der Waals surface area contributed by atoms with Gasteiger partial charge in [0.15, 0.2) is 11.6 Å². The van der Waals surface area contributed by atoms with Gasteiger partial charge in [0.1, 0.15) is 0 Å². The number of carbonyl (C=O) groups excluding carboxylic acids is 2. The van der Waals surface area contributed by atoms with Crippen molar-refractivity contribution in [1.29, 1.82) is 0 Å². The first-order chi connectivity index (χ1) is 7.67. The molecule has 0 heterocycles. The Balaban J connectivity index is -0.000000188. The van der Waals surface area contributed by atoms with Gasteiger partial charge in [-0.05, 0) is 27.7 Å². The van der Waals surface area contributed by atoms with E-state index in [0.29, 0.717) is 0 Å². The minimum atomic E-state index is -1.44. The van der Waals surface area contributed by atoms with E-state index in [1.165, 1.54) is 39.8 Å². The molecular weight excluding hydrogens is 271 g/mol. The fourth-order valence-corrected chi connectivity index (χ4v) is 0.588. The van der Waals surface area contributed by atoms with E-state index in [0.717, 1.165) is 0 Å². The molecule has 0 unspecified atom stereocenters. The van der Waals surface area contributed by atoms with Crippen molar-refractivity contribution in [3.05, 3.63) is 23.7 Å². The van der Waals surface area contributed by atoms with Crippen LogP contribution in [0.2, 0.25) is 0 Å². The Hall–Kier alpha value is -1.46. The molecule has 0 radical (unpaired) electrons. The molecule has 0 atom stereocenters. The second-order valence-corrected chi connectivity index (χ2v) is 3.05. The third kappa shape index (κ3) is 53.5. The van der Waals surface area contributed by atoms with Crippen LogP contribution in [0.15, 0.2) is 23.7 Å². The molecule has 0 amide bonds. The normalized spacial score (nSPS) is 10.1. The van der Waals surface area contributed by atoms with Gasteiger partial charge in [0.05, 0.1) is 11.5 Å². The van der Waals surface area contributed by atoms with Crippen molar-refractivity contribution in [2.45, 2.75) is 27.7 Å². The number of hydrogen-bond acceptors (Lipinski definition) is 6. The Morgan fingerprint density at radius 2 is 1.00 bits per heavy atom. The molecule has 0 aromatic carbocycles. The summed E-state index contributed by atoms with van der Waals surface area (Å²) in [5.74, 6) is -0.125. The summed E-state index contributed by atoms with van der Waals surface area (Å²) in [7, 11) is 0. The third-order valence-corrected chi connectivity index (χ3v) is 0.824. The molecule has 0 spiro atoms. The fraction of sp³-hybridized carbons (Fsp3) is 0.400. The molecule has 2 N–H and O–H groups in total. The van der Waals surface area contributed by atoms with Gasteiger partial charge in [0, 0.05) is 12.2 Å². The van der Waals surface area contributed by atoms with E-state index in [1.54, 1.807) is 0 Å². The first-order valence-electron chi connectivity index (χ1n) is 4.32. The number of rotatable bonds is 2. The molecule has 0 aliphatic carbocycles. The average Bonchev–Trinajstić information content (AvgIpc) is 1.99. The summed E-state index contributed by atoms with van der Waals surface area (Å²) in [6.45, 7) is 5.70. The number of hydrogen-bond donors (Lipinski definition) is 2. The number of ketones is 2. The van der Waals surface area contributed by atoms with E-state index < -0.39 is 14.8 Å². The van der Waals surface area contributed by atoms with Crippen molar-refractivity contribution in [3.63, 3.8) is 0 Å². The van der Waals surface area contributed by atoms with Gasteiger partial charge in [-0.2, -0.15) is 0 Å². The molecule has 0 saturated heterocycles. The van der Waals surface area contributed by atoms with Gasteiger partial charge in [0.2, 0.25) is 0 Å². The van der Waals surface area contributed by atoms with Gasteiger partial charge in [0.25, 0.3) is 0 Å². The summed E-state index contributed by atoms with van der Waals surface area (Å²) in [5.41, 5.74) is 0. The summed E-state index contributed by atoms with van der Waals surface area (Å²) in [6, 6.07) is 0. The van der Waals surface area contributed by atoms with Crippen LogP contribution in [0.5, 0.6) is 0 Å². The zero-order valence-corrected chi connectivity index (χ0v) is 11.2. The topological polar surface area (TPSA) is 109 Å². The average molecular weight is 287 g/mol. The monoisotopic (exact) mass is 287 g/mol. The number of allylic oxidation sites excluding steroid dienone is 4. The number of carbonyl (C=O) groups is 2. The van der Waals surface area contributed by atoms with Crippen LogP contribution < -0.4 is 0 Å². The van der Waals surface area contributed by atoms with Gasteiger partial charge in [-0.15, -0.1) is 0 Å². The van der Waals surface area contributed by atoms with E-state index >= 15 is 0 Å². The summed E-state index contributed by atoms with van der Waals surface area (Å²) in [6.07, 6.45) is 2.33. The van der Waals surface area contributed by atoms with Crippen LogP contribution in [0.25, 0.3) is 0 Å². The molecule has 99 valence electrons. The summed E-state index contributed by atoms with van der Waals surface area (Å²) in [5, 5.41) is 16.7. The second-order valence-electron chi connectivity index (χ2n) is 2.86. The fourth-order valence-electron chi connectivity index (χ4n) is 0.588. The van der Waals surface area contributed by atoms with Crippen LogP contribution in [0.3, 0.4) is 0 Å². The van der Waals surface area contributed by atoms with Crippen molar-refractivity contribution in [3.8, 4) is 0 Å². The Morgan fingerprint density at radius 3 is 1.00 bits per heavy atom. The zero-order chi connectivity index (χ0) is 14.4. The van der Waals surface area contributed by atoms with Crippen molar-refractivity contribution in [2.75, 3.05) is 0 Å². The molecular formula is C10H16MnO6. The molecule has 0 rings (SSSR count). The van der Waals surface area contributed by atoms with Gasteiger partial charge < -0.3 is 10.2 Å². The Labute approximate surface area is 106 Å². The van der Waals surface area contributed by atoms with E-state index in [1.807, 2.05) is 0 Å². The molecule has 0 aliphatic heterocycles. The van der Waals surface area contributed by atoms with Gasteiger partial charge in [-0.1, -0.05) is 0 Å². The zero-order valence-electron chi connectivity index (χ0n) is 10.1. The van der Waals surface area contributed by atoms with Crippen LogP contribution >= 0.6 is 0 Å². The molecule has 0 fully saturated rings. The predicted molar refractivity (Wildman–Crippen MR) is 55.5 cm³/mol. The first kappa shape index (κ1) is 20.9. The number of aliphatic hydroxyl groups is 2. The molecule has 7 heteroatoms. The number of aliphatic hydroxyl groups excluding tert-OH is 2. The standard InChI is InChI=1S/2C5H8O2.Mn.2O/c2*1-4(6)3-5(2)7;;;/h2*3,6H,1-2H3;;;/b2*4-3-;;;. The van der Waals surface area contributed by atoms with Crippen LogP contribution in [0.4, 0.5) is 0 Å². The minimum absolute atomic E-state index is 0.0625. The van der Waals surface area contributed by atoms with Crippen LogP contribution in [0.1, 0.15) is 27.7 Å². The summed E-state index contributed by atoms with van der Waals surface area (Å²) in [4.78, 5) is 20.0. The third-order valence-electron chi connectivity index (χ3n) is 0.824. The predicted octanol–water partition coefficient (Wildman–Crippen LogP) is 1.83. The van der Waals surface area contributed by atoms with E-state index in [4.69, 9.17) is 17.9 Å². The van der Waals surface area contributed by atoms with Crippen molar-refractivity contribution in [2.24, 2.45) is 0 Å². The summed E-state index contributed by atoms with van der Waals surface area (Å²) < 4.78 is 16.8. The van der Waals surface area contributed by atoms with Gasteiger partial charge in [-0.3, -0.25) is 9.59 Å².